The second-order valence-electron chi connectivity index (χ2n) is 2.86. The maximum atomic E-state index is 3.37. The first kappa shape index (κ1) is 9.53. The van der Waals surface area contributed by atoms with Crippen LogP contribution in [0.2, 0.25) is 0 Å². The van der Waals surface area contributed by atoms with E-state index in [1.165, 1.54) is 16.7 Å². The number of benzene rings is 1. The lowest BCUT2D eigenvalue weighted by Crippen LogP contribution is -1.84. The summed E-state index contributed by atoms with van der Waals surface area (Å²) >= 11 is 3.37. The Morgan fingerprint density at radius 2 is 1.83 bits per heavy atom. The summed E-state index contributed by atoms with van der Waals surface area (Å²) < 4.78 is 0. The van der Waals surface area contributed by atoms with Crippen molar-refractivity contribution in [2.24, 2.45) is 0 Å². The molecule has 0 aliphatic carbocycles. The summed E-state index contributed by atoms with van der Waals surface area (Å²) in [6.07, 6.45) is 4.29. The molecule has 0 aromatic heterocycles. The fourth-order valence-electron chi connectivity index (χ4n) is 1.25. The minimum absolute atomic E-state index is 0.917. The Kier molecular flexibility index (Phi) is 3.54. The van der Waals surface area contributed by atoms with Crippen LogP contribution in [0.5, 0.6) is 0 Å². The van der Waals surface area contributed by atoms with Crippen LogP contribution in [0.15, 0.2) is 24.3 Å². The zero-order valence-corrected chi connectivity index (χ0v) is 9.06. The average molecular weight is 225 g/mol. The van der Waals surface area contributed by atoms with E-state index in [9.17, 15) is 0 Å². The van der Waals surface area contributed by atoms with E-state index in [-0.39, 0.29) is 0 Å². The van der Waals surface area contributed by atoms with E-state index in [1.54, 1.807) is 0 Å². The van der Waals surface area contributed by atoms with Gasteiger partial charge in [0.25, 0.3) is 0 Å². The maximum Gasteiger partial charge on any atom is 0.0215 e. The lowest BCUT2D eigenvalue weighted by Gasteiger charge is -2.03. The molecule has 0 saturated carbocycles. The van der Waals surface area contributed by atoms with Gasteiger partial charge >= 0.3 is 0 Å². The SMILES string of the molecule is Cc1cccc(C)c1C=CCBr. The van der Waals surface area contributed by atoms with Gasteiger partial charge in [-0.15, -0.1) is 0 Å². The Hall–Kier alpha value is -0.560. The first-order chi connectivity index (χ1) is 5.75. The fraction of sp³-hybridized carbons (Fsp3) is 0.273. The molecular formula is C11H13Br. The molecule has 0 unspecified atom stereocenters. The molecule has 0 N–H and O–H groups in total. The van der Waals surface area contributed by atoms with Crippen LogP contribution in [0.1, 0.15) is 16.7 Å². The summed E-state index contributed by atoms with van der Waals surface area (Å²) in [5, 5.41) is 0.917. The number of allylic oxidation sites excluding steroid dienone is 1. The van der Waals surface area contributed by atoms with Crippen molar-refractivity contribution in [3.8, 4) is 0 Å². The summed E-state index contributed by atoms with van der Waals surface area (Å²) in [6.45, 7) is 4.28. The molecule has 0 radical (unpaired) electrons. The van der Waals surface area contributed by atoms with Crippen molar-refractivity contribution in [2.45, 2.75) is 13.8 Å². The van der Waals surface area contributed by atoms with Crippen LogP contribution in [0.4, 0.5) is 0 Å². The number of aryl methyl sites for hydroxylation is 2. The minimum atomic E-state index is 0.917. The van der Waals surface area contributed by atoms with Crippen LogP contribution in [0, 0.1) is 13.8 Å². The van der Waals surface area contributed by atoms with E-state index in [0.29, 0.717) is 0 Å². The van der Waals surface area contributed by atoms with Crippen molar-refractivity contribution in [2.75, 3.05) is 5.33 Å². The molecule has 0 atom stereocenters. The van der Waals surface area contributed by atoms with Gasteiger partial charge in [0.2, 0.25) is 0 Å². The van der Waals surface area contributed by atoms with E-state index < -0.39 is 0 Å². The molecule has 0 fully saturated rings. The van der Waals surface area contributed by atoms with E-state index in [1.807, 2.05) is 0 Å². The molecule has 0 heterocycles. The number of hydrogen-bond acceptors (Lipinski definition) is 0. The molecule has 1 aromatic carbocycles. The zero-order chi connectivity index (χ0) is 8.97. The van der Waals surface area contributed by atoms with E-state index in [0.717, 1.165) is 5.33 Å². The van der Waals surface area contributed by atoms with Crippen molar-refractivity contribution in [3.63, 3.8) is 0 Å². The Balaban J connectivity index is 3.04. The average Bonchev–Trinajstić information content (AvgIpc) is 2.04. The van der Waals surface area contributed by atoms with Gasteiger partial charge in [0.05, 0.1) is 0 Å². The molecule has 0 aliphatic heterocycles. The van der Waals surface area contributed by atoms with Gasteiger partial charge in [-0.25, -0.2) is 0 Å². The number of rotatable bonds is 2. The van der Waals surface area contributed by atoms with Gasteiger partial charge in [0, 0.05) is 5.33 Å². The van der Waals surface area contributed by atoms with Crippen molar-refractivity contribution in [3.05, 3.63) is 41.0 Å². The van der Waals surface area contributed by atoms with Crippen LogP contribution in [0.3, 0.4) is 0 Å². The minimum Gasteiger partial charge on any atom is -0.0883 e. The van der Waals surface area contributed by atoms with Gasteiger partial charge < -0.3 is 0 Å². The van der Waals surface area contributed by atoms with Crippen LogP contribution >= 0.6 is 15.9 Å². The molecule has 12 heavy (non-hydrogen) atoms. The van der Waals surface area contributed by atoms with Gasteiger partial charge in [-0.1, -0.05) is 46.3 Å². The molecular weight excluding hydrogens is 212 g/mol. The molecule has 64 valence electrons. The summed E-state index contributed by atoms with van der Waals surface area (Å²) in [5.41, 5.74) is 4.02. The van der Waals surface area contributed by atoms with Gasteiger partial charge in [-0.2, -0.15) is 0 Å². The number of halogens is 1. The highest BCUT2D eigenvalue weighted by atomic mass is 79.9. The maximum absolute atomic E-state index is 3.37. The summed E-state index contributed by atoms with van der Waals surface area (Å²) in [4.78, 5) is 0. The zero-order valence-electron chi connectivity index (χ0n) is 7.47. The predicted octanol–water partition coefficient (Wildman–Crippen LogP) is 3.71. The van der Waals surface area contributed by atoms with Crippen LogP contribution in [-0.4, -0.2) is 5.33 Å². The predicted molar refractivity (Wildman–Crippen MR) is 58.7 cm³/mol. The third-order valence-corrected chi connectivity index (χ3v) is 2.29. The van der Waals surface area contributed by atoms with Gasteiger partial charge in [-0.3, -0.25) is 0 Å². The van der Waals surface area contributed by atoms with Crippen LogP contribution in [0.25, 0.3) is 6.08 Å². The van der Waals surface area contributed by atoms with E-state index in [2.05, 4.69) is 60.1 Å². The summed E-state index contributed by atoms with van der Waals surface area (Å²) in [7, 11) is 0. The van der Waals surface area contributed by atoms with Crippen LogP contribution < -0.4 is 0 Å². The Morgan fingerprint density at radius 1 is 1.25 bits per heavy atom. The number of alkyl halides is 1. The smallest absolute Gasteiger partial charge is 0.0215 e. The summed E-state index contributed by atoms with van der Waals surface area (Å²) in [6, 6.07) is 6.37. The first-order valence-electron chi connectivity index (χ1n) is 4.04. The fourth-order valence-corrected chi connectivity index (χ4v) is 1.44. The highest BCUT2D eigenvalue weighted by Gasteiger charge is 1.95. The molecule has 0 aliphatic rings. The van der Waals surface area contributed by atoms with Crippen molar-refractivity contribution in [1.82, 2.24) is 0 Å². The van der Waals surface area contributed by atoms with Crippen molar-refractivity contribution < 1.29 is 0 Å². The van der Waals surface area contributed by atoms with Gasteiger partial charge in [0.1, 0.15) is 0 Å². The van der Waals surface area contributed by atoms with E-state index >= 15 is 0 Å². The van der Waals surface area contributed by atoms with Gasteiger partial charge in [0.15, 0.2) is 0 Å². The molecule has 0 spiro atoms. The molecule has 0 bridgehead atoms. The summed E-state index contributed by atoms with van der Waals surface area (Å²) in [5.74, 6) is 0. The Morgan fingerprint density at radius 3 is 2.33 bits per heavy atom. The molecule has 1 rings (SSSR count). The van der Waals surface area contributed by atoms with Crippen molar-refractivity contribution in [1.29, 1.82) is 0 Å². The molecule has 1 heteroatoms. The number of hydrogen-bond donors (Lipinski definition) is 0. The first-order valence-corrected chi connectivity index (χ1v) is 5.16. The monoisotopic (exact) mass is 224 g/mol. The Labute approximate surface area is 82.4 Å². The molecule has 0 saturated heterocycles. The largest absolute Gasteiger partial charge is 0.0883 e. The standard InChI is InChI=1S/C11H13Br/c1-9-5-3-6-10(2)11(9)7-4-8-12/h3-7H,8H2,1-2H3. The van der Waals surface area contributed by atoms with Gasteiger partial charge in [-0.05, 0) is 30.5 Å². The highest BCUT2D eigenvalue weighted by Crippen LogP contribution is 2.14. The lowest BCUT2D eigenvalue weighted by atomic mass is 10.0. The topological polar surface area (TPSA) is 0 Å². The lowest BCUT2D eigenvalue weighted by molar-refractivity contribution is 1.35. The third kappa shape index (κ3) is 2.21. The molecule has 1 aromatic rings. The van der Waals surface area contributed by atoms with Crippen LogP contribution in [-0.2, 0) is 0 Å². The van der Waals surface area contributed by atoms with E-state index in [4.69, 9.17) is 0 Å². The second-order valence-corrected chi connectivity index (χ2v) is 3.51. The third-order valence-electron chi connectivity index (χ3n) is 1.92. The quantitative estimate of drug-likeness (QED) is 0.673. The normalized spacial score (nSPS) is 10.9. The second kappa shape index (κ2) is 4.46. The highest BCUT2D eigenvalue weighted by molar-refractivity contribution is 9.09. The Bertz CT molecular complexity index is 267. The van der Waals surface area contributed by atoms with Crippen molar-refractivity contribution >= 4 is 22.0 Å². The molecule has 0 amide bonds. The molecule has 0 nitrogen and oxygen atoms in total.